The summed E-state index contributed by atoms with van der Waals surface area (Å²) in [5.41, 5.74) is 1.06. The van der Waals surface area contributed by atoms with Crippen molar-refractivity contribution in [1.29, 1.82) is 0 Å². The number of aryl methyl sites for hydroxylation is 2. The molecule has 0 aromatic carbocycles. The number of nitrogens with one attached hydrogen (secondary N) is 1. The van der Waals surface area contributed by atoms with Gasteiger partial charge in [-0.2, -0.15) is 0 Å². The minimum atomic E-state index is 0.267. The summed E-state index contributed by atoms with van der Waals surface area (Å²) in [7, 11) is 1.72. The average Bonchev–Trinajstić information content (AvgIpc) is 2.75. The maximum Gasteiger partial charge on any atom is 0.203 e. The summed E-state index contributed by atoms with van der Waals surface area (Å²) in [5, 5.41) is 3.41. The van der Waals surface area contributed by atoms with Crippen LogP contribution >= 0.6 is 0 Å². The predicted octanol–water partition coefficient (Wildman–Crippen LogP) is 2.37. The van der Waals surface area contributed by atoms with Crippen LogP contribution in [0.5, 0.6) is 0 Å². The van der Waals surface area contributed by atoms with Gasteiger partial charge in [-0.25, -0.2) is 4.98 Å². The first-order chi connectivity index (χ1) is 9.60. The summed E-state index contributed by atoms with van der Waals surface area (Å²) in [5.74, 6) is 0.951. The molecule has 0 aliphatic rings. The molecule has 0 bridgehead atoms. The summed E-state index contributed by atoms with van der Waals surface area (Å²) < 4.78 is 7.37. The standard InChI is InChI=1S/C15H30N4O/c1-6-18(7-2)9-8-10-19-11-13(3)16-15(19)17-14(4)12-20-5/h11,14H,6-10,12H2,1-5H3,(H,16,17). The zero-order valence-corrected chi connectivity index (χ0v) is 13.6. The van der Waals surface area contributed by atoms with Crippen molar-refractivity contribution in [3.63, 3.8) is 0 Å². The third-order valence-corrected chi connectivity index (χ3v) is 3.46. The molecule has 0 fully saturated rings. The Balaban J connectivity index is 2.52. The number of hydrogen-bond acceptors (Lipinski definition) is 4. The van der Waals surface area contributed by atoms with Crippen molar-refractivity contribution < 1.29 is 4.74 Å². The zero-order chi connectivity index (χ0) is 15.0. The van der Waals surface area contributed by atoms with Crippen molar-refractivity contribution in [3.8, 4) is 0 Å². The molecule has 0 aliphatic heterocycles. The van der Waals surface area contributed by atoms with Crippen LogP contribution in [0.25, 0.3) is 0 Å². The Kier molecular flexibility index (Phi) is 7.62. The third-order valence-electron chi connectivity index (χ3n) is 3.46. The summed E-state index contributed by atoms with van der Waals surface area (Å²) >= 11 is 0. The zero-order valence-electron chi connectivity index (χ0n) is 13.6. The van der Waals surface area contributed by atoms with Crippen molar-refractivity contribution in [2.45, 2.75) is 46.7 Å². The molecule has 5 nitrogen and oxygen atoms in total. The van der Waals surface area contributed by atoms with E-state index in [1.54, 1.807) is 7.11 Å². The van der Waals surface area contributed by atoms with E-state index in [2.05, 4.69) is 46.7 Å². The molecular formula is C15H30N4O. The number of imidazole rings is 1. The molecule has 1 aromatic heterocycles. The molecule has 0 saturated heterocycles. The van der Waals surface area contributed by atoms with Crippen molar-refractivity contribution in [3.05, 3.63) is 11.9 Å². The maximum absolute atomic E-state index is 5.16. The van der Waals surface area contributed by atoms with Gasteiger partial charge in [0, 0.05) is 25.9 Å². The summed E-state index contributed by atoms with van der Waals surface area (Å²) in [6, 6.07) is 0.267. The molecule has 0 radical (unpaired) electrons. The number of anilines is 1. The molecule has 0 aliphatic carbocycles. The Morgan fingerprint density at radius 2 is 2.10 bits per heavy atom. The molecule has 0 saturated carbocycles. The Morgan fingerprint density at radius 1 is 1.40 bits per heavy atom. The van der Waals surface area contributed by atoms with Gasteiger partial charge in [0.15, 0.2) is 0 Å². The highest BCUT2D eigenvalue weighted by Gasteiger charge is 2.09. The number of hydrogen-bond donors (Lipinski definition) is 1. The van der Waals surface area contributed by atoms with E-state index in [0.29, 0.717) is 6.61 Å². The van der Waals surface area contributed by atoms with E-state index in [-0.39, 0.29) is 6.04 Å². The lowest BCUT2D eigenvalue weighted by molar-refractivity contribution is 0.190. The molecule has 20 heavy (non-hydrogen) atoms. The van der Waals surface area contributed by atoms with Gasteiger partial charge in [-0.3, -0.25) is 0 Å². The van der Waals surface area contributed by atoms with E-state index in [1.165, 1.54) is 0 Å². The molecule has 1 N–H and O–H groups in total. The van der Waals surface area contributed by atoms with Crippen molar-refractivity contribution in [2.24, 2.45) is 0 Å². The van der Waals surface area contributed by atoms with E-state index >= 15 is 0 Å². The minimum Gasteiger partial charge on any atom is -0.383 e. The second-order valence-corrected chi connectivity index (χ2v) is 5.28. The van der Waals surface area contributed by atoms with Crippen LogP contribution in [0.15, 0.2) is 6.20 Å². The molecule has 1 unspecified atom stereocenters. The number of nitrogens with zero attached hydrogens (tertiary/aromatic N) is 3. The topological polar surface area (TPSA) is 42.3 Å². The molecule has 0 spiro atoms. The fraction of sp³-hybridized carbons (Fsp3) is 0.800. The van der Waals surface area contributed by atoms with Gasteiger partial charge in [-0.15, -0.1) is 0 Å². The molecule has 5 heteroatoms. The van der Waals surface area contributed by atoms with E-state index in [1.807, 2.05) is 6.92 Å². The van der Waals surface area contributed by atoms with Crippen LogP contribution < -0.4 is 5.32 Å². The van der Waals surface area contributed by atoms with Crippen LogP contribution in [-0.2, 0) is 11.3 Å². The highest BCUT2D eigenvalue weighted by Crippen LogP contribution is 2.11. The van der Waals surface area contributed by atoms with Crippen LogP contribution in [0.1, 0.15) is 32.9 Å². The Hall–Kier alpha value is -1.07. The number of ether oxygens (including phenoxy) is 1. The van der Waals surface area contributed by atoms with Gasteiger partial charge < -0.3 is 19.5 Å². The van der Waals surface area contributed by atoms with Crippen LogP contribution in [0.3, 0.4) is 0 Å². The molecular weight excluding hydrogens is 252 g/mol. The minimum absolute atomic E-state index is 0.267. The Labute approximate surface area is 123 Å². The lowest BCUT2D eigenvalue weighted by Crippen LogP contribution is -2.26. The fourth-order valence-corrected chi connectivity index (χ4v) is 2.35. The van der Waals surface area contributed by atoms with Gasteiger partial charge in [0.05, 0.1) is 12.3 Å². The van der Waals surface area contributed by atoms with E-state index in [4.69, 9.17) is 4.74 Å². The quantitative estimate of drug-likeness (QED) is 0.715. The second kappa shape index (κ2) is 8.97. The smallest absolute Gasteiger partial charge is 0.203 e. The van der Waals surface area contributed by atoms with Gasteiger partial charge in [0.1, 0.15) is 0 Å². The van der Waals surface area contributed by atoms with Crippen molar-refractivity contribution in [1.82, 2.24) is 14.5 Å². The van der Waals surface area contributed by atoms with E-state index in [0.717, 1.165) is 44.2 Å². The van der Waals surface area contributed by atoms with Crippen LogP contribution in [-0.4, -0.2) is 53.8 Å². The monoisotopic (exact) mass is 282 g/mol. The highest BCUT2D eigenvalue weighted by atomic mass is 16.5. The lowest BCUT2D eigenvalue weighted by atomic mass is 10.3. The molecule has 116 valence electrons. The number of methoxy groups -OCH3 is 1. The number of rotatable bonds is 10. The summed E-state index contributed by atoms with van der Waals surface area (Å²) in [6.45, 7) is 13.6. The first-order valence-electron chi connectivity index (χ1n) is 7.62. The number of aromatic nitrogens is 2. The predicted molar refractivity (Wildman–Crippen MR) is 84.3 cm³/mol. The average molecular weight is 282 g/mol. The van der Waals surface area contributed by atoms with Gasteiger partial charge >= 0.3 is 0 Å². The van der Waals surface area contributed by atoms with Crippen molar-refractivity contribution >= 4 is 5.95 Å². The normalized spacial score (nSPS) is 12.9. The Morgan fingerprint density at radius 3 is 2.70 bits per heavy atom. The molecule has 1 aromatic rings. The van der Waals surface area contributed by atoms with Crippen LogP contribution in [0.2, 0.25) is 0 Å². The third kappa shape index (κ3) is 5.51. The molecule has 1 heterocycles. The van der Waals surface area contributed by atoms with E-state index in [9.17, 15) is 0 Å². The van der Waals surface area contributed by atoms with Gasteiger partial charge in [0.2, 0.25) is 5.95 Å². The maximum atomic E-state index is 5.16. The summed E-state index contributed by atoms with van der Waals surface area (Å²) in [4.78, 5) is 7.00. The van der Waals surface area contributed by atoms with Gasteiger partial charge in [-0.1, -0.05) is 13.8 Å². The molecule has 1 rings (SSSR count). The fourth-order valence-electron chi connectivity index (χ4n) is 2.35. The van der Waals surface area contributed by atoms with Crippen LogP contribution in [0, 0.1) is 6.92 Å². The first kappa shape index (κ1) is 17.0. The summed E-state index contributed by atoms with van der Waals surface area (Å²) in [6.07, 6.45) is 3.26. The largest absolute Gasteiger partial charge is 0.383 e. The van der Waals surface area contributed by atoms with Crippen molar-refractivity contribution in [2.75, 3.05) is 38.7 Å². The molecule has 1 atom stereocenters. The molecule has 0 amide bonds. The van der Waals surface area contributed by atoms with Gasteiger partial charge in [0.25, 0.3) is 0 Å². The first-order valence-corrected chi connectivity index (χ1v) is 7.62. The second-order valence-electron chi connectivity index (χ2n) is 5.28. The Bertz CT molecular complexity index is 374. The highest BCUT2D eigenvalue weighted by molar-refractivity contribution is 5.30. The lowest BCUT2D eigenvalue weighted by Gasteiger charge is -2.19. The van der Waals surface area contributed by atoms with E-state index < -0.39 is 0 Å². The SMILES string of the molecule is CCN(CC)CCCn1cc(C)nc1NC(C)COC. The van der Waals surface area contributed by atoms with Crippen LogP contribution in [0.4, 0.5) is 5.95 Å². The van der Waals surface area contributed by atoms with Gasteiger partial charge in [-0.05, 0) is 39.9 Å².